The number of rotatable bonds is 4. The van der Waals surface area contributed by atoms with Gasteiger partial charge in [0.1, 0.15) is 0 Å². The summed E-state index contributed by atoms with van der Waals surface area (Å²) in [4.78, 5) is 16.1. The van der Waals surface area contributed by atoms with Crippen molar-refractivity contribution in [2.24, 2.45) is 0 Å². The highest BCUT2D eigenvalue weighted by molar-refractivity contribution is 9.10. The first-order valence-electron chi connectivity index (χ1n) is 6.71. The Labute approximate surface area is 136 Å². The standard InChI is InChI=1S/C16H13BrN4O/c17-13-3-5-14(6-4-13)21-9-7-15(20-21)16(22)19-11-12-2-1-8-18-10-12/h1-10H,11H2,(H,19,22). The second-order valence-corrected chi connectivity index (χ2v) is 5.58. The molecule has 0 aliphatic heterocycles. The quantitative estimate of drug-likeness (QED) is 0.781. The number of nitrogens with one attached hydrogen (secondary N) is 1. The Bertz CT molecular complexity index is 768. The number of amides is 1. The molecule has 5 nitrogen and oxygen atoms in total. The van der Waals surface area contributed by atoms with Gasteiger partial charge < -0.3 is 5.32 Å². The highest BCUT2D eigenvalue weighted by atomic mass is 79.9. The number of halogens is 1. The van der Waals surface area contributed by atoms with Gasteiger partial charge in [-0.3, -0.25) is 9.78 Å². The van der Waals surface area contributed by atoms with Crippen LogP contribution in [0.15, 0.2) is 65.5 Å². The minimum Gasteiger partial charge on any atom is -0.347 e. The van der Waals surface area contributed by atoms with Crippen molar-refractivity contribution in [2.75, 3.05) is 0 Å². The van der Waals surface area contributed by atoms with Crippen LogP contribution >= 0.6 is 15.9 Å². The summed E-state index contributed by atoms with van der Waals surface area (Å²) in [6, 6.07) is 13.2. The number of hydrogen-bond donors (Lipinski definition) is 1. The van der Waals surface area contributed by atoms with Gasteiger partial charge >= 0.3 is 0 Å². The van der Waals surface area contributed by atoms with Crippen LogP contribution in [0.4, 0.5) is 0 Å². The van der Waals surface area contributed by atoms with Crippen molar-refractivity contribution >= 4 is 21.8 Å². The van der Waals surface area contributed by atoms with E-state index in [1.165, 1.54) is 0 Å². The number of nitrogens with zero attached hydrogens (tertiary/aromatic N) is 3. The molecular formula is C16H13BrN4O. The Morgan fingerprint density at radius 3 is 2.73 bits per heavy atom. The molecule has 1 aromatic carbocycles. The maximum absolute atomic E-state index is 12.1. The molecule has 3 aromatic rings. The fraction of sp³-hybridized carbons (Fsp3) is 0.0625. The molecule has 22 heavy (non-hydrogen) atoms. The molecule has 1 amide bonds. The molecule has 0 saturated carbocycles. The SMILES string of the molecule is O=C(NCc1cccnc1)c1ccn(-c2ccc(Br)cc2)n1. The molecule has 2 aromatic heterocycles. The van der Waals surface area contributed by atoms with Gasteiger partial charge in [-0.25, -0.2) is 4.68 Å². The van der Waals surface area contributed by atoms with Gasteiger partial charge in [-0.15, -0.1) is 0 Å². The van der Waals surface area contributed by atoms with Crippen LogP contribution in [0.5, 0.6) is 0 Å². The molecule has 0 aliphatic carbocycles. The highest BCUT2D eigenvalue weighted by Crippen LogP contribution is 2.13. The second kappa shape index (κ2) is 6.53. The van der Waals surface area contributed by atoms with Gasteiger partial charge in [-0.2, -0.15) is 5.10 Å². The molecule has 6 heteroatoms. The monoisotopic (exact) mass is 356 g/mol. The summed E-state index contributed by atoms with van der Waals surface area (Å²) in [6.07, 6.45) is 5.19. The van der Waals surface area contributed by atoms with Crippen molar-refractivity contribution in [2.45, 2.75) is 6.54 Å². The Morgan fingerprint density at radius 1 is 1.18 bits per heavy atom. The van der Waals surface area contributed by atoms with Gasteiger partial charge in [0.2, 0.25) is 0 Å². The van der Waals surface area contributed by atoms with Crippen LogP contribution < -0.4 is 5.32 Å². The molecule has 0 aliphatic rings. The first-order chi connectivity index (χ1) is 10.7. The predicted octanol–water partition coefficient (Wildman–Crippen LogP) is 2.96. The lowest BCUT2D eigenvalue weighted by Crippen LogP contribution is -2.23. The normalized spacial score (nSPS) is 10.4. The third kappa shape index (κ3) is 3.40. The smallest absolute Gasteiger partial charge is 0.272 e. The van der Waals surface area contributed by atoms with E-state index in [0.29, 0.717) is 12.2 Å². The van der Waals surface area contributed by atoms with Crippen LogP contribution in [-0.4, -0.2) is 20.7 Å². The topological polar surface area (TPSA) is 59.8 Å². The van der Waals surface area contributed by atoms with Crippen LogP contribution in [0.3, 0.4) is 0 Å². The number of carbonyl (C=O) groups excluding carboxylic acids is 1. The van der Waals surface area contributed by atoms with Gasteiger partial charge in [0.05, 0.1) is 5.69 Å². The van der Waals surface area contributed by atoms with Gasteiger partial charge in [-0.1, -0.05) is 22.0 Å². The Kier molecular flexibility index (Phi) is 4.29. The molecule has 0 unspecified atom stereocenters. The lowest BCUT2D eigenvalue weighted by Gasteiger charge is -2.03. The zero-order chi connectivity index (χ0) is 15.4. The Hall–Kier alpha value is -2.47. The fourth-order valence-corrected chi connectivity index (χ4v) is 2.22. The molecule has 0 spiro atoms. The maximum atomic E-state index is 12.1. The number of pyridine rings is 1. The number of carbonyl (C=O) groups is 1. The maximum Gasteiger partial charge on any atom is 0.272 e. The average molecular weight is 357 g/mol. The summed E-state index contributed by atoms with van der Waals surface area (Å²) < 4.78 is 2.67. The summed E-state index contributed by atoms with van der Waals surface area (Å²) in [5.41, 5.74) is 2.23. The molecule has 3 rings (SSSR count). The largest absolute Gasteiger partial charge is 0.347 e. The molecule has 0 bridgehead atoms. The van der Waals surface area contributed by atoms with E-state index < -0.39 is 0 Å². The molecule has 0 saturated heterocycles. The van der Waals surface area contributed by atoms with E-state index in [4.69, 9.17) is 0 Å². The van der Waals surface area contributed by atoms with Gasteiger partial charge in [0.25, 0.3) is 5.91 Å². The fourth-order valence-electron chi connectivity index (χ4n) is 1.96. The van der Waals surface area contributed by atoms with E-state index in [2.05, 4.69) is 31.3 Å². The van der Waals surface area contributed by atoms with E-state index >= 15 is 0 Å². The molecule has 1 N–H and O–H groups in total. The number of hydrogen-bond acceptors (Lipinski definition) is 3. The molecule has 0 atom stereocenters. The predicted molar refractivity (Wildman–Crippen MR) is 86.7 cm³/mol. The molecule has 0 fully saturated rings. The summed E-state index contributed by atoms with van der Waals surface area (Å²) in [5, 5.41) is 7.12. The average Bonchev–Trinajstić information content (AvgIpc) is 3.04. The van der Waals surface area contributed by atoms with Crippen molar-refractivity contribution in [3.63, 3.8) is 0 Å². The van der Waals surface area contributed by atoms with E-state index in [-0.39, 0.29) is 5.91 Å². The minimum absolute atomic E-state index is 0.209. The minimum atomic E-state index is -0.209. The Balaban J connectivity index is 1.68. The van der Waals surface area contributed by atoms with E-state index in [1.54, 1.807) is 29.3 Å². The molecule has 0 radical (unpaired) electrons. The van der Waals surface area contributed by atoms with Crippen LogP contribution in [-0.2, 0) is 6.54 Å². The lowest BCUT2D eigenvalue weighted by molar-refractivity contribution is 0.0945. The second-order valence-electron chi connectivity index (χ2n) is 4.67. The third-order valence-corrected chi connectivity index (χ3v) is 3.62. The summed E-state index contributed by atoms with van der Waals surface area (Å²) >= 11 is 3.39. The summed E-state index contributed by atoms with van der Waals surface area (Å²) in [7, 11) is 0. The zero-order valence-corrected chi connectivity index (χ0v) is 13.2. The van der Waals surface area contributed by atoms with Gasteiger partial charge in [0, 0.05) is 29.6 Å². The summed E-state index contributed by atoms with van der Waals surface area (Å²) in [6.45, 7) is 0.428. The third-order valence-electron chi connectivity index (χ3n) is 3.09. The molecular weight excluding hydrogens is 344 g/mol. The first-order valence-corrected chi connectivity index (χ1v) is 7.50. The van der Waals surface area contributed by atoms with Crippen molar-refractivity contribution in [1.82, 2.24) is 20.1 Å². The highest BCUT2D eigenvalue weighted by Gasteiger charge is 2.09. The molecule has 2 heterocycles. The van der Waals surface area contributed by atoms with Crippen LogP contribution in [0.25, 0.3) is 5.69 Å². The van der Waals surface area contributed by atoms with Crippen molar-refractivity contribution in [3.8, 4) is 5.69 Å². The summed E-state index contributed by atoms with van der Waals surface area (Å²) in [5.74, 6) is -0.209. The lowest BCUT2D eigenvalue weighted by atomic mass is 10.3. The van der Waals surface area contributed by atoms with E-state index in [0.717, 1.165) is 15.7 Å². The molecule has 110 valence electrons. The van der Waals surface area contributed by atoms with Crippen molar-refractivity contribution in [3.05, 3.63) is 76.8 Å². The van der Waals surface area contributed by atoms with Crippen molar-refractivity contribution in [1.29, 1.82) is 0 Å². The number of benzene rings is 1. The van der Waals surface area contributed by atoms with Crippen LogP contribution in [0.2, 0.25) is 0 Å². The van der Waals surface area contributed by atoms with Crippen LogP contribution in [0.1, 0.15) is 16.1 Å². The van der Waals surface area contributed by atoms with Crippen LogP contribution in [0, 0.1) is 0 Å². The first kappa shape index (κ1) is 14.5. The zero-order valence-electron chi connectivity index (χ0n) is 11.6. The van der Waals surface area contributed by atoms with E-state index in [1.807, 2.05) is 36.4 Å². The van der Waals surface area contributed by atoms with E-state index in [9.17, 15) is 4.79 Å². The Morgan fingerprint density at radius 2 is 2.00 bits per heavy atom. The van der Waals surface area contributed by atoms with Gasteiger partial charge in [-0.05, 0) is 42.0 Å². The number of aromatic nitrogens is 3. The van der Waals surface area contributed by atoms with Gasteiger partial charge in [0.15, 0.2) is 5.69 Å². The van der Waals surface area contributed by atoms with Crippen molar-refractivity contribution < 1.29 is 4.79 Å².